The Balaban J connectivity index is 1.49. The van der Waals surface area contributed by atoms with Crippen molar-refractivity contribution in [2.24, 2.45) is 5.92 Å². The largest absolute Gasteiger partial charge is 0.480 e. The number of carbonyl (C=O) groups is 2. The van der Waals surface area contributed by atoms with Crippen molar-refractivity contribution in [2.45, 2.75) is 46.1 Å². The molecule has 8 nitrogen and oxygen atoms in total. The number of hydrogen-bond donors (Lipinski definition) is 0. The summed E-state index contributed by atoms with van der Waals surface area (Å²) in [6.45, 7) is 7.76. The minimum absolute atomic E-state index is 0.118. The summed E-state index contributed by atoms with van der Waals surface area (Å²) >= 11 is 0. The molecule has 2 aromatic heterocycles. The number of ether oxygens (including phenoxy) is 3. The van der Waals surface area contributed by atoms with E-state index in [0.717, 1.165) is 29.7 Å². The molecule has 1 aromatic carbocycles. The summed E-state index contributed by atoms with van der Waals surface area (Å²) in [5, 5.41) is 4.63. The molecular formula is C27H33N3O5. The van der Waals surface area contributed by atoms with Crippen LogP contribution in [0.2, 0.25) is 0 Å². The highest BCUT2D eigenvalue weighted by Crippen LogP contribution is 2.37. The first-order valence-corrected chi connectivity index (χ1v) is 12.1. The fourth-order valence-corrected chi connectivity index (χ4v) is 4.98. The Morgan fingerprint density at radius 2 is 1.80 bits per heavy atom. The zero-order chi connectivity index (χ0) is 24.9. The van der Waals surface area contributed by atoms with E-state index in [1.54, 1.807) is 25.0 Å². The number of carbonyl (C=O) groups excluding carboxylic acids is 2. The highest BCUT2D eigenvalue weighted by Gasteiger charge is 2.33. The molecule has 1 atom stereocenters. The Hall–Kier alpha value is -3.55. The lowest BCUT2D eigenvalue weighted by Gasteiger charge is -2.34. The van der Waals surface area contributed by atoms with Crippen LogP contribution in [0.5, 0.6) is 5.88 Å². The fourth-order valence-electron chi connectivity index (χ4n) is 4.98. The number of piperidine rings is 1. The molecule has 35 heavy (non-hydrogen) atoms. The topological polar surface area (TPSA) is 82.4 Å². The molecule has 0 N–H and O–H groups in total. The standard InChI is InChI=1S/C27H33N3O5/c1-5-34-26(31)24-19(3)25(30-22(24)11-12-23(28-30)33-4)18(2)21-13-15-29(16-14-21)27(32)35-17-20-9-7-6-8-10-20/h6-12,18,21H,5,13-17H2,1-4H3. The van der Waals surface area contributed by atoms with Crippen molar-refractivity contribution in [3.8, 4) is 5.88 Å². The van der Waals surface area contributed by atoms with Gasteiger partial charge in [-0.3, -0.25) is 0 Å². The highest BCUT2D eigenvalue weighted by molar-refractivity contribution is 5.99. The van der Waals surface area contributed by atoms with Gasteiger partial charge in [-0.15, -0.1) is 5.10 Å². The normalized spacial score (nSPS) is 15.1. The van der Waals surface area contributed by atoms with Crippen molar-refractivity contribution in [3.05, 3.63) is 64.8 Å². The molecule has 1 aliphatic rings. The van der Waals surface area contributed by atoms with Gasteiger partial charge in [-0.1, -0.05) is 37.3 Å². The van der Waals surface area contributed by atoms with E-state index in [0.29, 0.717) is 42.6 Å². The number of nitrogens with zero attached hydrogens (tertiary/aromatic N) is 3. The van der Waals surface area contributed by atoms with Crippen LogP contribution in [0, 0.1) is 12.8 Å². The van der Waals surface area contributed by atoms with Crippen LogP contribution in [0.1, 0.15) is 59.8 Å². The minimum Gasteiger partial charge on any atom is -0.480 e. The van der Waals surface area contributed by atoms with E-state index in [1.165, 1.54) is 0 Å². The van der Waals surface area contributed by atoms with E-state index in [4.69, 9.17) is 14.2 Å². The van der Waals surface area contributed by atoms with Crippen LogP contribution < -0.4 is 4.74 Å². The summed E-state index contributed by atoms with van der Waals surface area (Å²) in [5.74, 6) is 0.581. The highest BCUT2D eigenvalue weighted by atomic mass is 16.6. The molecule has 0 aliphatic carbocycles. The van der Waals surface area contributed by atoms with Crippen LogP contribution in [0.25, 0.3) is 5.52 Å². The zero-order valence-corrected chi connectivity index (χ0v) is 20.8. The average molecular weight is 480 g/mol. The molecule has 186 valence electrons. The van der Waals surface area contributed by atoms with Crippen molar-refractivity contribution in [3.63, 3.8) is 0 Å². The molecule has 0 radical (unpaired) electrons. The van der Waals surface area contributed by atoms with Gasteiger partial charge in [-0.25, -0.2) is 14.1 Å². The second-order valence-electron chi connectivity index (χ2n) is 8.93. The van der Waals surface area contributed by atoms with Crippen molar-refractivity contribution >= 4 is 17.6 Å². The third-order valence-electron chi connectivity index (χ3n) is 6.88. The Kier molecular flexibility index (Phi) is 7.58. The maximum atomic E-state index is 12.8. The van der Waals surface area contributed by atoms with E-state index in [2.05, 4.69) is 12.0 Å². The smallest absolute Gasteiger partial charge is 0.410 e. The van der Waals surface area contributed by atoms with E-state index in [1.807, 2.05) is 47.8 Å². The second-order valence-corrected chi connectivity index (χ2v) is 8.93. The first kappa shape index (κ1) is 24.6. The summed E-state index contributed by atoms with van der Waals surface area (Å²) in [7, 11) is 1.58. The van der Waals surface area contributed by atoms with Crippen LogP contribution in [-0.2, 0) is 16.1 Å². The quantitative estimate of drug-likeness (QED) is 0.445. The van der Waals surface area contributed by atoms with Gasteiger partial charge in [-0.2, -0.15) is 0 Å². The molecule has 1 aliphatic heterocycles. The van der Waals surface area contributed by atoms with Crippen molar-refractivity contribution in [2.75, 3.05) is 26.8 Å². The lowest BCUT2D eigenvalue weighted by Crippen LogP contribution is -2.40. The predicted molar refractivity (Wildman–Crippen MR) is 132 cm³/mol. The van der Waals surface area contributed by atoms with E-state index in [9.17, 15) is 9.59 Å². The van der Waals surface area contributed by atoms with Gasteiger partial charge in [0.05, 0.1) is 24.8 Å². The Bertz CT molecular complexity index is 1180. The lowest BCUT2D eigenvalue weighted by molar-refractivity contribution is 0.0527. The molecule has 1 unspecified atom stereocenters. The van der Waals surface area contributed by atoms with E-state index < -0.39 is 0 Å². The third kappa shape index (κ3) is 5.11. The number of hydrogen-bond acceptors (Lipinski definition) is 6. The fraction of sp³-hybridized carbons (Fsp3) is 0.444. The van der Waals surface area contributed by atoms with Crippen LogP contribution in [0.3, 0.4) is 0 Å². The number of rotatable bonds is 7. The molecule has 3 aromatic rings. The molecule has 0 spiro atoms. The first-order valence-electron chi connectivity index (χ1n) is 12.1. The Labute approximate surface area is 205 Å². The molecule has 0 bridgehead atoms. The number of benzene rings is 1. The average Bonchev–Trinajstić information content (AvgIpc) is 3.18. The maximum absolute atomic E-state index is 12.8. The summed E-state index contributed by atoms with van der Waals surface area (Å²) in [6.07, 6.45) is 1.40. The molecule has 0 saturated carbocycles. The van der Waals surface area contributed by atoms with Gasteiger partial charge in [0.2, 0.25) is 5.88 Å². The molecule has 4 rings (SSSR count). The number of fused-ring (bicyclic) bond motifs is 1. The first-order chi connectivity index (χ1) is 16.9. The van der Waals surface area contributed by atoms with Crippen LogP contribution in [0.15, 0.2) is 42.5 Å². The zero-order valence-electron chi connectivity index (χ0n) is 20.8. The van der Waals surface area contributed by atoms with Gasteiger partial charge in [-0.05, 0) is 49.8 Å². The predicted octanol–water partition coefficient (Wildman–Crippen LogP) is 4.98. The Morgan fingerprint density at radius 3 is 2.46 bits per heavy atom. The number of likely N-dealkylation sites (tertiary alicyclic amines) is 1. The van der Waals surface area contributed by atoms with Gasteiger partial charge in [0.25, 0.3) is 0 Å². The van der Waals surface area contributed by atoms with Gasteiger partial charge in [0, 0.05) is 30.8 Å². The number of esters is 1. The van der Waals surface area contributed by atoms with Crippen molar-refractivity contribution in [1.29, 1.82) is 0 Å². The van der Waals surface area contributed by atoms with Gasteiger partial charge in [0.1, 0.15) is 6.61 Å². The summed E-state index contributed by atoms with van der Waals surface area (Å²) in [5.41, 5.74) is 4.09. The summed E-state index contributed by atoms with van der Waals surface area (Å²) in [6, 6.07) is 13.3. The van der Waals surface area contributed by atoms with Gasteiger partial charge in [0.15, 0.2) is 0 Å². The maximum Gasteiger partial charge on any atom is 0.410 e. The van der Waals surface area contributed by atoms with Gasteiger partial charge < -0.3 is 19.1 Å². The molecule has 1 saturated heterocycles. The van der Waals surface area contributed by atoms with Crippen LogP contribution >= 0.6 is 0 Å². The number of amides is 1. The van der Waals surface area contributed by atoms with Crippen molar-refractivity contribution in [1.82, 2.24) is 14.5 Å². The SMILES string of the molecule is CCOC(=O)c1c(C)c(C(C)C2CCN(C(=O)OCc3ccccc3)CC2)n2nc(OC)ccc12. The second kappa shape index (κ2) is 10.8. The Morgan fingerprint density at radius 1 is 1.09 bits per heavy atom. The molecule has 8 heteroatoms. The van der Waals surface area contributed by atoms with Gasteiger partial charge >= 0.3 is 12.1 Å². The molecule has 1 amide bonds. The van der Waals surface area contributed by atoms with Crippen LogP contribution in [0.4, 0.5) is 4.79 Å². The monoisotopic (exact) mass is 479 g/mol. The van der Waals surface area contributed by atoms with Crippen molar-refractivity contribution < 1.29 is 23.8 Å². The summed E-state index contributed by atoms with van der Waals surface area (Å²) < 4.78 is 18.0. The summed E-state index contributed by atoms with van der Waals surface area (Å²) in [4.78, 5) is 27.1. The third-order valence-corrected chi connectivity index (χ3v) is 6.88. The molecule has 3 heterocycles. The molecular weight excluding hydrogens is 446 g/mol. The lowest BCUT2D eigenvalue weighted by atomic mass is 9.82. The number of aromatic nitrogens is 2. The molecule has 1 fully saturated rings. The number of methoxy groups -OCH3 is 1. The minimum atomic E-state index is -0.344. The van der Waals surface area contributed by atoms with E-state index >= 15 is 0 Å². The van der Waals surface area contributed by atoms with Crippen LogP contribution in [-0.4, -0.2) is 53.4 Å². The van der Waals surface area contributed by atoms with E-state index in [-0.39, 0.29) is 24.6 Å².